The number of methoxy groups -OCH3 is 1. The highest BCUT2D eigenvalue weighted by Gasteiger charge is 2.30. The molecular formula is C17H18ClN5O. The number of hydrogen-bond acceptors (Lipinski definition) is 6. The van der Waals surface area contributed by atoms with E-state index in [0.29, 0.717) is 22.2 Å². The molecule has 0 spiro atoms. The third-order valence-electron chi connectivity index (χ3n) is 3.76. The van der Waals surface area contributed by atoms with E-state index in [0.717, 1.165) is 11.1 Å². The van der Waals surface area contributed by atoms with Gasteiger partial charge in [-0.2, -0.15) is 0 Å². The molecule has 1 atom stereocenters. The third-order valence-corrected chi connectivity index (χ3v) is 3.99. The first-order valence-electron chi connectivity index (χ1n) is 7.25. The summed E-state index contributed by atoms with van der Waals surface area (Å²) in [5.41, 5.74) is 19.9. The normalized spacial score (nSPS) is 20.0. The maximum atomic E-state index is 6.48. The third kappa shape index (κ3) is 3.02. The maximum absolute atomic E-state index is 6.48. The van der Waals surface area contributed by atoms with Crippen LogP contribution in [0.1, 0.15) is 11.1 Å². The minimum atomic E-state index is -1.12. The highest BCUT2D eigenvalue weighted by molar-refractivity contribution is 6.30. The lowest BCUT2D eigenvalue weighted by Crippen LogP contribution is -2.44. The Morgan fingerprint density at radius 1 is 1.12 bits per heavy atom. The maximum Gasteiger partial charge on any atom is 0.195 e. The number of nitrogens with zero attached hydrogens (tertiary/aromatic N) is 1. The standard InChI is InChI=1S/C17H18ClN5O/c1-24-15-7-4-11(18)8-13(15)14-9-17(21,23-16(20)22-14)10-2-5-12(19)6-3-10/h2-9H,19,21H2,1H3,(H3,20,22,23). The van der Waals surface area contributed by atoms with Crippen molar-refractivity contribution >= 4 is 28.9 Å². The molecule has 2 aromatic carbocycles. The quantitative estimate of drug-likeness (QED) is 0.637. The summed E-state index contributed by atoms with van der Waals surface area (Å²) in [6, 6.07) is 12.5. The molecule has 0 bridgehead atoms. The number of rotatable bonds is 3. The van der Waals surface area contributed by atoms with Gasteiger partial charge in [-0.25, -0.2) is 4.99 Å². The summed E-state index contributed by atoms with van der Waals surface area (Å²) in [6.45, 7) is 0. The van der Waals surface area contributed by atoms with Gasteiger partial charge >= 0.3 is 0 Å². The second kappa shape index (κ2) is 6.07. The molecule has 7 N–H and O–H groups in total. The fourth-order valence-corrected chi connectivity index (χ4v) is 2.76. The van der Waals surface area contributed by atoms with Crippen molar-refractivity contribution in [3.63, 3.8) is 0 Å². The molecule has 124 valence electrons. The van der Waals surface area contributed by atoms with Crippen LogP contribution in [0.5, 0.6) is 5.75 Å². The second-order valence-corrected chi connectivity index (χ2v) is 5.91. The first-order chi connectivity index (χ1) is 11.4. The Kier molecular flexibility index (Phi) is 4.09. The number of guanidine groups is 1. The molecule has 1 heterocycles. The molecule has 1 unspecified atom stereocenters. The van der Waals surface area contributed by atoms with E-state index in [-0.39, 0.29) is 5.96 Å². The average Bonchev–Trinajstić information content (AvgIpc) is 2.54. The summed E-state index contributed by atoms with van der Waals surface area (Å²) in [5.74, 6) is 0.848. The molecule has 0 radical (unpaired) electrons. The number of benzene rings is 2. The molecule has 0 aromatic heterocycles. The van der Waals surface area contributed by atoms with E-state index < -0.39 is 5.66 Å². The van der Waals surface area contributed by atoms with Crippen LogP contribution >= 0.6 is 11.6 Å². The number of ether oxygens (including phenoxy) is 1. The van der Waals surface area contributed by atoms with Crippen molar-refractivity contribution < 1.29 is 4.74 Å². The zero-order valence-electron chi connectivity index (χ0n) is 13.1. The lowest BCUT2D eigenvalue weighted by Gasteiger charge is -2.29. The summed E-state index contributed by atoms with van der Waals surface area (Å²) >= 11 is 6.12. The molecule has 1 aliphatic heterocycles. The predicted octanol–water partition coefficient (Wildman–Crippen LogP) is 2.00. The number of halogens is 1. The van der Waals surface area contributed by atoms with Crippen LogP contribution in [0.25, 0.3) is 5.70 Å². The van der Waals surface area contributed by atoms with Crippen LogP contribution in [-0.4, -0.2) is 13.1 Å². The number of nitrogens with one attached hydrogen (secondary N) is 1. The fraction of sp³-hybridized carbons (Fsp3) is 0.118. The molecule has 24 heavy (non-hydrogen) atoms. The van der Waals surface area contributed by atoms with Gasteiger partial charge in [0, 0.05) is 16.3 Å². The highest BCUT2D eigenvalue weighted by Crippen LogP contribution is 2.33. The summed E-state index contributed by atoms with van der Waals surface area (Å²) < 4.78 is 5.40. The molecule has 0 saturated carbocycles. The monoisotopic (exact) mass is 343 g/mol. The minimum Gasteiger partial charge on any atom is -0.496 e. The van der Waals surface area contributed by atoms with Gasteiger partial charge in [0.1, 0.15) is 5.75 Å². The first kappa shape index (κ1) is 16.2. The minimum absolute atomic E-state index is 0.203. The molecule has 6 nitrogen and oxygen atoms in total. The molecule has 0 saturated heterocycles. The Labute approximate surface area is 144 Å². The molecule has 1 aliphatic rings. The summed E-state index contributed by atoms with van der Waals surface area (Å²) in [5, 5.41) is 3.59. The van der Waals surface area contributed by atoms with Crippen LogP contribution in [0.2, 0.25) is 5.02 Å². The van der Waals surface area contributed by atoms with Crippen molar-refractivity contribution in [3.8, 4) is 5.75 Å². The zero-order valence-corrected chi connectivity index (χ0v) is 13.8. The summed E-state index contributed by atoms with van der Waals surface area (Å²) in [7, 11) is 1.59. The summed E-state index contributed by atoms with van der Waals surface area (Å²) in [4.78, 5) is 4.34. The SMILES string of the molecule is COc1ccc(Cl)cc1C1=CC(N)(c2ccc(N)cc2)N=C(N)N1. The molecule has 7 heteroatoms. The van der Waals surface area contributed by atoms with Gasteiger partial charge in [0.15, 0.2) is 11.6 Å². The largest absolute Gasteiger partial charge is 0.496 e. The van der Waals surface area contributed by atoms with Gasteiger partial charge in [-0.3, -0.25) is 5.73 Å². The van der Waals surface area contributed by atoms with E-state index in [4.69, 9.17) is 33.5 Å². The van der Waals surface area contributed by atoms with Gasteiger partial charge in [0.05, 0.1) is 12.8 Å². The van der Waals surface area contributed by atoms with E-state index in [1.54, 1.807) is 43.5 Å². The molecule has 0 fully saturated rings. The van der Waals surface area contributed by atoms with Crippen LogP contribution in [-0.2, 0) is 5.66 Å². The number of nitrogens with two attached hydrogens (primary N) is 3. The summed E-state index contributed by atoms with van der Waals surface area (Å²) in [6.07, 6.45) is 1.78. The fourth-order valence-electron chi connectivity index (χ4n) is 2.59. The van der Waals surface area contributed by atoms with Crippen molar-refractivity contribution in [2.75, 3.05) is 12.8 Å². The molecule has 3 rings (SSSR count). The van der Waals surface area contributed by atoms with Crippen molar-refractivity contribution in [3.05, 3.63) is 64.7 Å². The van der Waals surface area contributed by atoms with Crippen LogP contribution in [0.4, 0.5) is 5.69 Å². The number of hydrogen-bond donors (Lipinski definition) is 4. The van der Waals surface area contributed by atoms with E-state index >= 15 is 0 Å². The van der Waals surface area contributed by atoms with Gasteiger partial charge in [0.2, 0.25) is 0 Å². The van der Waals surface area contributed by atoms with E-state index in [9.17, 15) is 0 Å². The van der Waals surface area contributed by atoms with Gasteiger partial charge < -0.3 is 21.5 Å². The van der Waals surface area contributed by atoms with E-state index in [1.165, 1.54) is 0 Å². The first-order valence-corrected chi connectivity index (χ1v) is 7.63. The Hall–Kier alpha value is -2.70. The van der Waals surface area contributed by atoms with E-state index in [1.807, 2.05) is 12.1 Å². The van der Waals surface area contributed by atoms with Gasteiger partial charge in [-0.1, -0.05) is 23.7 Å². The molecular weight excluding hydrogens is 326 g/mol. The topological polar surface area (TPSA) is 112 Å². The predicted molar refractivity (Wildman–Crippen MR) is 97.5 cm³/mol. The second-order valence-electron chi connectivity index (χ2n) is 5.47. The number of nitrogen functional groups attached to an aromatic ring is 1. The van der Waals surface area contributed by atoms with Crippen LogP contribution in [0, 0.1) is 0 Å². The number of anilines is 1. The average molecular weight is 344 g/mol. The molecule has 0 aliphatic carbocycles. The van der Waals surface area contributed by atoms with Gasteiger partial charge in [0.25, 0.3) is 0 Å². The van der Waals surface area contributed by atoms with Crippen molar-refractivity contribution in [1.29, 1.82) is 0 Å². The molecule has 0 amide bonds. The van der Waals surface area contributed by atoms with Crippen molar-refractivity contribution in [1.82, 2.24) is 5.32 Å². The van der Waals surface area contributed by atoms with Crippen molar-refractivity contribution in [2.45, 2.75) is 5.66 Å². The zero-order chi connectivity index (χ0) is 17.3. The lowest BCUT2D eigenvalue weighted by atomic mass is 9.96. The lowest BCUT2D eigenvalue weighted by molar-refractivity contribution is 0.413. The Bertz CT molecular complexity index is 831. The number of aliphatic imine (C=N–C) groups is 1. The van der Waals surface area contributed by atoms with Gasteiger partial charge in [-0.05, 0) is 42.0 Å². The van der Waals surface area contributed by atoms with E-state index in [2.05, 4.69) is 10.3 Å². The Balaban J connectivity index is 2.11. The van der Waals surface area contributed by atoms with Gasteiger partial charge in [-0.15, -0.1) is 0 Å². The Morgan fingerprint density at radius 2 is 1.83 bits per heavy atom. The van der Waals surface area contributed by atoms with Crippen LogP contribution in [0.15, 0.2) is 53.5 Å². The van der Waals surface area contributed by atoms with Crippen LogP contribution < -0.4 is 27.3 Å². The highest BCUT2D eigenvalue weighted by atomic mass is 35.5. The van der Waals surface area contributed by atoms with Crippen molar-refractivity contribution in [2.24, 2.45) is 16.5 Å². The van der Waals surface area contributed by atoms with Crippen LogP contribution in [0.3, 0.4) is 0 Å². The smallest absolute Gasteiger partial charge is 0.195 e. The molecule has 2 aromatic rings. The Morgan fingerprint density at radius 3 is 2.50 bits per heavy atom.